The van der Waals surface area contributed by atoms with Crippen LogP contribution < -0.4 is 0 Å². The molecule has 2 rings (SSSR count). The van der Waals surface area contributed by atoms with Crippen molar-refractivity contribution in [1.82, 2.24) is 4.90 Å². The van der Waals surface area contributed by atoms with Crippen molar-refractivity contribution in [1.29, 1.82) is 5.26 Å². The summed E-state index contributed by atoms with van der Waals surface area (Å²) in [6.07, 6.45) is 2.43. The molecule has 1 aromatic carbocycles. The molecule has 1 unspecified atom stereocenters. The van der Waals surface area contributed by atoms with Crippen molar-refractivity contribution in [2.75, 3.05) is 13.2 Å². The number of nitriles is 1. The average Bonchev–Trinajstić information content (AvgIpc) is 2.68. The molecular formula is C14H16N2O2. The summed E-state index contributed by atoms with van der Waals surface area (Å²) >= 11 is 0. The molecule has 1 atom stereocenters. The maximum atomic E-state index is 12.2. The van der Waals surface area contributed by atoms with Crippen LogP contribution in [0.15, 0.2) is 24.3 Å². The second-order valence-corrected chi connectivity index (χ2v) is 4.40. The summed E-state index contributed by atoms with van der Waals surface area (Å²) in [6, 6.07) is 9.03. The van der Waals surface area contributed by atoms with Crippen LogP contribution in [0.2, 0.25) is 0 Å². The van der Waals surface area contributed by atoms with Crippen LogP contribution in [0.25, 0.3) is 0 Å². The number of hydrogen-bond donors (Lipinski definition) is 1. The van der Waals surface area contributed by atoms with Crippen LogP contribution in [-0.2, 0) is 0 Å². The Balaban J connectivity index is 2.09. The van der Waals surface area contributed by atoms with Crippen LogP contribution in [0.3, 0.4) is 0 Å². The van der Waals surface area contributed by atoms with Gasteiger partial charge < -0.3 is 10.0 Å². The third kappa shape index (κ3) is 2.22. The first-order valence-electron chi connectivity index (χ1n) is 6.20. The van der Waals surface area contributed by atoms with Gasteiger partial charge in [-0.15, -0.1) is 0 Å². The number of nitrogens with zero attached hydrogens (tertiary/aromatic N) is 2. The molecule has 1 N–H and O–H groups in total. The van der Waals surface area contributed by atoms with Gasteiger partial charge in [0, 0.05) is 24.3 Å². The Bertz CT molecular complexity index is 479. The minimum Gasteiger partial charge on any atom is -0.396 e. The third-order valence-corrected chi connectivity index (χ3v) is 3.24. The minimum atomic E-state index is -0.456. The molecule has 0 saturated heterocycles. The first-order valence-corrected chi connectivity index (χ1v) is 6.20. The second-order valence-electron chi connectivity index (χ2n) is 4.40. The van der Waals surface area contributed by atoms with E-state index in [-0.39, 0.29) is 12.5 Å². The van der Waals surface area contributed by atoms with E-state index in [0.717, 1.165) is 24.8 Å². The lowest BCUT2D eigenvalue weighted by Crippen LogP contribution is -2.28. The van der Waals surface area contributed by atoms with Gasteiger partial charge in [-0.1, -0.05) is 18.2 Å². The molecule has 1 amide bonds. The number of aliphatic hydroxyl groups is 1. The summed E-state index contributed by atoms with van der Waals surface area (Å²) in [5.41, 5.74) is 1.46. The van der Waals surface area contributed by atoms with Gasteiger partial charge >= 0.3 is 0 Å². The summed E-state index contributed by atoms with van der Waals surface area (Å²) < 4.78 is 0. The van der Waals surface area contributed by atoms with Crippen molar-refractivity contribution < 1.29 is 9.90 Å². The molecule has 0 aliphatic carbocycles. The van der Waals surface area contributed by atoms with E-state index in [2.05, 4.69) is 6.07 Å². The lowest BCUT2D eigenvalue weighted by Gasteiger charge is -2.19. The summed E-state index contributed by atoms with van der Waals surface area (Å²) in [5.74, 6) is -0.0545. The number of amides is 1. The van der Waals surface area contributed by atoms with Crippen molar-refractivity contribution in [2.45, 2.75) is 25.3 Å². The largest absolute Gasteiger partial charge is 0.396 e. The Labute approximate surface area is 106 Å². The van der Waals surface area contributed by atoms with Gasteiger partial charge in [0.2, 0.25) is 0 Å². The van der Waals surface area contributed by atoms with E-state index in [0.29, 0.717) is 12.1 Å². The molecule has 18 heavy (non-hydrogen) atoms. The molecule has 94 valence electrons. The predicted molar refractivity (Wildman–Crippen MR) is 66.8 cm³/mol. The van der Waals surface area contributed by atoms with E-state index >= 15 is 0 Å². The molecule has 0 bridgehead atoms. The van der Waals surface area contributed by atoms with E-state index in [1.165, 1.54) is 0 Å². The maximum absolute atomic E-state index is 12.2. The fourth-order valence-electron chi connectivity index (χ4n) is 2.31. The molecule has 1 heterocycles. The number of carbonyl (C=O) groups excluding carboxylic acids is 1. The van der Waals surface area contributed by atoms with Gasteiger partial charge in [0.1, 0.15) is 6.04 Å². The highest BCUT2D eigenvalue weighted by atomic mass is 16.2. The zero-order valence-corrected chi connectivity index (χ0v) is 10.2. The maximum Gasteiger partial charge on any atom is 0.255 e. The number of fused-ring (bicyclic) bond motifs is 1. The van der Waals surface area contributed by atoms with Gasteiger partial charge in [0.05, 0.1) is 6.07 Å². The molecule has 0 spiro atoms. The highest BCUT2D eigenvalue weighted by molar-refractivity contribution is 5.99. The lowest BCUT2D eigenvalue weighted by atomic mass is 10.1. The summed E-state index contributed by atoms with van der Waals surface area (Å²) in [7, 11) is 0. The van der Waals surface area contributed by atoms with Gasteiger partial charge in [-0.05, 0) is 25.3 Å². The van der Waals surface area contributed by atoms with Crippen LogP contribution in [0.1, 0.15) is 41.2 Å². The molecular weight excluding hydrogens is 228 g/mol. The molecule has 4 heteroatoms. The quantitative estimate of drug-likeness (QED) is 0.804. The molecule has 4 nitrogen and oxygen atoms in total. The fourth-order valence-corrected chi connectivity index (χ4v) is 2.31. The van der Waals surface area contributed by atoms with Crippen molar-refractivity contribution >= 4 is 5.91 Å². The van der Waals surface area contributed by atoms with Crippen molar-refractivity contribution in [2.24, 2.45) is 0 Å². The number of aliphatic hydroxyl groups excluding tert-OH is 1. The van der Waals surface area contributed by atoms with E-state index in [4.69, 9.17) is 5.11 Å². The van der Waals surface area contributed by atoms with Gasteiger partial charge in [0.15, 0.2) is 0 Å². The van der Waals surface area contributed by atoms with Crippen molar-refractivity contribution in [3.8, 4) is 6.07 Å². The number of benzene rings is 1. The third-order valence-electron chi connectivity index (χ3n) is 3.24. The van der Waals surface area contributed by atoms with Crippen LogP contribution in [0, 0.1) is 11.3 Å². The highest BCUT2D eigenvalue weighted by Crippen LogP contribution is 2.32. The molecule has 1 aliphatic heterocycles. The first kappa shape index (κ1) is 12.6. The number of unbranched alkanes of at least 4 members (excludes halogenated alkanes) is 2. The van der Waals surface area contributed by atoms with Crippen LogP contribution >= 0.6 is 0 Å². The van der Waals surface area contributed by atoms with Crippen molar-refractivity contribution in [3.63, 3.8) is 0 Å². The Morgan fingerprint density at radius 1 is 1.28 bits per heavy atom. The molecule has 1 aliphatic rings. The summed E-state index contributed by atoms with van der Waals surface area (Å²) in [5, 5.41) is 17.9. The normalized spacial score (nSPS) is 17.7. The Kier molecular flexibility index (Phi) is 3.96. The SMILES string of the molecule is N#CC1c2ccccc2C(=O)N1CCCCCO. The second kappa shape index (κ2) is 5.65. The molecule has 1 aromatic rings. The van der Waals surface area contributed by atoms with Crippen LogP contribution in [0.4, 0.5) is 0 Å². The molecule has 0 fully saturated rings. The molecule has 0 saturated carbocycles. The smallest absolute Gasteiger partial charge is 0.255 e. The highest BCUT2D eigenvalue weighted by Gasteiger charge is 2.35. The Morgan fingerprint density at radius 2 is 2.06 bits per heavy atom. The first-order chi connectivity index (χ1) is 8.79. The standard InChI is InChI=1S/C14H16N2O2/c15-10-13-11-6-2-3-7-12(11)14(18)16(13)8-4-1-5-9-17/h2-3,6-7,13,17H,1,4-5,8-9H2. The molecule has 0 aromatic heterocycles. The zero-order valence-electron chi connectivity index (χ0n) is 10.2. The van der Waals surface area contributed by atoms with E-state index in [1.807, 2.05) is 18.2 Å². The Hall–Kier alpha value is -1.86. The monoisotopic (exact) mass is 244 g/mol. The van der Waals surface area contributed by atoms with Gasteiger partial charge in [-0.3, -0.25) is 4.79 Å². The fraction of sp³-hybridized carbons (Fsp3) is 0.429. The van der Waals surface area contributed by atoms with E-state index in [1.54, 1.807) is 11.0 Å². The van der Waals surface area contributed by atoms with E-state index in [9.17, 15) is 10.1 Å². The number of hydrogen-bond acceptors (Lipinski definition) is 3. The predicted octanol–water partition coefficient (Wildman–Crippen LogP) is 1.87. The zero-order chi connectivity index (χ0) is 13.0. The Morgan fingerprint density at radius 3 is 2.78 bits per heavy atom. The molecule has 0 radical (unpaired) electrons. The summed E-state index contributed by atoms with van der Waals surface area (Å²) in [4.78, 5) is 13.8. The van der Waals surface area contributed by atoms with Crippen molar-refractivity contribution in [3.05, 3.63) is 35.4 Å². The van der Waals surface area contributed by atoms with Crippen LogP contribution in [-0.4, -0.2) is 29.1 Å². The number of carbonyl (C=O) groups is 1. The average molecular weight is 244 g/mol. The number of rotatable bonds is 5. The summed E-state index contributed by atoms with van der Waals surface area (Å²) in [6.45, 7) is 0.752. The van der Waals surface area contributed by atoms with Gasteiger partial charge in [-0.25, -0.2) is 0 Å². The lowest BCUT2D eigenvalue weighted by molar-refractivity contribution is 0.0754. The van der Waals surface area contributed by atoms with Crippen LogP contribution in [0.5, 0.6) is 0 Å². The van der Waals surface area contributed by atoms with E-state index < -0.39 is 6.04 Å². The topological polar surface area (TPSA) is 64.3 Å². The minimum absolute atomic E-state index is 0.0545. The van der Waals surface area contributed by atoms with Gasteiger partial charge in [-0.2, -0.15) is 5.26 Å². The van der Waals surface area contributed by atoms with Gasteiger partial charge in [0.25, 0.3) is 5.91 Å².